The molecule has 0 saturated carbocycles. The van der Waals surface area contributed by atoms with Crippen LogP contribution >= 0.6 is 0 Å². The van der Waals surface area contributed by atoms with Crippen molar-refractivity contribution in [3.63, 3.8) is 0 Å². The molecular formula is C54H56N4O. The first-order valence-corrected chi connectivity index (χ1v) is 21.4. The van der Waals surface area contributed by atoms with E-state index in [0.29, 0.717) is 0 Å². The molecule has 0 amide bonds. The van der Waals surface area contributed by atoms with Gasteiger partial charge in [0, 0.05) is 45.6 Å². The molecule has 2 aliphatic heterocycles. The van der Waals surface area contributed by atoms with Crippen molar-refractivity contribution in [2.45, 2.75) is 117 Å². The maximum Gasteiger partial charge on any atom is 0.217 e. The van der Waals surface area contributed by atoms with Gasteiger partial charge >= 0.3 is 0 Å². The van der Waals surface area contributed by atoms with Gasteiger partial charge in [-0.3, -0.25) is 4.57 Å². The van der Waals surface area contributed by atoms with E-state index in [2.05, 4.69) is 190 Å². The molecule has 10 rings (SSSR count). The van der Waals surface area contributed by atoms with Crippen molar-refractivity contribution in [2.24, 2.45) is 4.99 Å². The minimum atomic E-state index is -0.547. The highest BCUT2D eigenvalue weighted by Crippen LogP contribution is 2.56. The lowest BCUT2D eigenvalue weighted by molar-refractivity contribution is 0.0451. The summed E-state index contributed by atoms with van der Waals surface area (Å²) in [5, 5.41) is 2.48. The molecule has 3 aliphatic rings. The molecule has 298 valence electrons. The van der Waals surface area contributed by atoms with Gasteiger partial charge in [0.2, 0.25) is 5.90 Å². The average molecular weight is 777 g/mol. The number of rotatable bonds is 4. The van der Waals surface area contributed by atoms with Crippen LogP contribution < -0.4 is 4.90 Å². The highest BCUT2D eigenvalue weighted by molar-refractivity contribution is 6.12. The summed E-state index contributed by atoms with van der Waals surface area (Å²) in [6.07, 6.45) is 2.83. The number of nitrogens with zero attached hydrogens (tertiary/aromatic N) is 4. The third kappa shape index (κ3) is 5.35. The zero-order valence-corrected chi connectivity index (χ0v) is 36.8. The molecule has 0 N–H and O–H groups in total. The van der Waals surface area contributed by atoms with E-state index in [1.165, 1.54) is 72.2 Å². The van der Waals surface area contributed by atoms with Crippen LogP contribution in [0.25, 0.3) is 27.6 Å². The maximum absolute atomic E-state index is 7.15. The minimum Gasteiger partial charge on any atom is -0.464 e. The van der Waals surface area contributed by atoms with Crippen LogP contribution in [0.15, 0.2) is 108 Å². The van der Waals surface area contributed by atoms with Crippen LogP contribution in [0.2, 0.25) is 0 Å². The molecule has 0 saturated heterocycles. The normalized spacial score (nSPS) is 20.4. The fourth-order valence-electron chi connectivity index (χ4n) is 10.3. The molecule has 0 spiro atoms. The van der Waals surface area contributed by atoms with Crippen molar-refractivity contribution in [1.29, 1.82) is 0 Å². The molecule has 5 aromatic carbocycles. The van der Waals surface area contributed by atoms with E-state index in [9.17, 15) is 0 Å². The van der Waals surface area contributed by atoms with Gasteiger partial charge < -0.3 is 9.64 Å². The summed E-state index contributed by atoms with van der Waals surface area (Å²) >= 11 is 0. The van der Waals surface area contributed by atoms with E-state index >= 15 is 0 Å². The molecule has 2 aromatic heterocycles. The van der Waals surface area contributed by atoms with E-state index in [4.69, 9.17) is 14.7 Å². The summed E-state index contributed by atoms with van der Waals surface area (Å²) in [5.41, 5.74) is 17.2. The second-order valence-corrected chi connectivity index (χ2v) is 19.9. The molecule has 5 heteroatoms. The first-order valence-electron chi connectivity index (χ1n) is 21.4. The minimum absolute atomic E-state index is 0.0158. The van der Waals surface area contributed by atoms with Crippen molar-refractivity contribution in [2.75, 3.05) is 4.90 Å². The first-order chi connectivity index (χ1) is 27.9. The predicted octanol–water partition coefficient (Wildman–Crippen LogP) is 13.6. The largest absolute Gasteiger partial charge is 0.464 e. The summed E-state index contributed by atoms with van der Waals surface area (Å²) in [6, 6.07) is 36.6. The monoisotopic (exact) mass is 776 g/mol. The lowest BCUT2D eigenvalue weighted by atomic mass is 9.73. The number of pyridine rings is 1. The van der Waals surface area contributed by atoms with Crippen molar-refractivity contribution < 1.29 is 4.74 Å². The number of aryl methyl sites for hydroxylation is 2. The second kappa shape index (κ2) is 12.4. The Balaban J connectivity index is 1.21. The number of ether oxygens (including phenoxy) is 1. The van der Waals surface area contributed by atoms with Crippen LogP contribution in [-0.2, 0) is 27.6 Å². The van der Waals surface area contributed by atoms with Crippen molar-refractivity contribution in [3.05, 3.63) is 159 Å². The summed E-state index contributed by atoms with van der Waals surface area (Å²) in [6.45, 7) is 27.3. The van der Waals surface area contributed by atoms with E-state index in [1.807, 2.05) is 6.20 Å². The smallest absolute Gasteiger partial charge is 0.217 e. The van der Waals surface area contributed by atoms with Crippen LogP contribution in [-0.4, -0.2) is 21.0 Å². The number of aromatic nitrogens is 2. The standard InChI is InChI=1S/C54H56N4O/c1-31(2)35-24-36(50-56-53(11)30-41-34(5)33(4)18-19-42(41)54(53,12)59-50)26-38(25-35)57-46-16-14-13-15-43(46)52(9,10)44-28-40-39-23-32(3)17-20-45(39)58(47(40)29-48(44)57)49-27-37(21-22-55-49)51(6,7)8/h13-29,31H,30H2,1-12H3/t53-,54+/m1/s1. The van der Waals surface area contributed by atoms with Gasteiger partial charge in [0.15, 0.2) is 5.60 Å². The quantitative estimate of drug-likeness (QED) is 0.179. The maximum atomic E-state index is 7.15. The molecule has 0 fully saturated rings. The molecule has 1 aliphatic carbocycles. The average Bonchev–Trinajstić information content (AvgIpc) is 3.73. The SMILES string of the molecule is Cc1ccc2c(c1)c1cc3c(cc1n2-c1cc(C(C)(C)C)ccn1)N(c1cc(C2=N[C@]4(C)Cc5c(ccc(C)c5C)[C@]4(C)O2)cc(C(C)C)c1)c1ccccc1C3(C)C. The van der Waals surface area contributed by atoms with Gasteiger partial charge in [0.1, 0.15) is 11.4 Å². The number of aliphatic imine (C=N–C) groups is 1. The van der Waals surface area contributed by atoms with E-state index in [1.54, 1.807) is 0 Å². The number of hydrogen-bond acceptors (Lipinski definition) is 4. The summed E-state index contributed by atoms with van der Waals surface area (Å²) in [7, 11) is 0. The fourth-order valence-corrected chi connectivity index (χ4v) is 10.3. The summed E-state index contributed by atoms with van der Waals surface area (Å²) in [4.78, 5) is 13.1. The van der Waals surface area contributed by atoms with Gasteiger partial charge in [0.25, 0.3) is 0 Å². The Hall–Kier alpha value is -5.68. The Bertz CT molecular complexity index is 2960. The van der Waals surface area contributed by atoms with Crippen molar-refractivity contribution in [3.8, 4) is 5.82 Å². The Kier molecular flexibility index (Phi) is 7.91. The molecular weight excluding hydrogens is 721 g/mol. The molecule has 5 nitrogen and oxygen atoms in total. The zero-order valence-electron chi connectivity index (χ0n) is 36.8. The van der Waals surface area contributed by atoms with Crippen molar-refractivity contribution in [1.82, 2.24) is 9.55 Å². The zero-order chi connectivity index (χ0) is 41.6. The number of benzene rings is 5. The van der Waals surface area contributed by atoms with Crippen LogP contribution in [0.5, 0.6) is 0 Å². The van der Waals surface area contributed by atoms with Crippen LogP contribution in [0.3, 0.4) is 0 Å². The van der Waals surface area contributed by atoms with E-state index in [0.717, 1.165) is 40.4 Å². The first kappa shape index (κ1) is 37.6. The number of hydrogen-bond donors (Lipinski definition) is 0. The van der Waals surface area contributed by atoms with Gasteiger partial charge in [-0.1, -0.05) is 90.4 Å². The number of fused-ring (bicyclic) bond motifs is 8. The highest BCUT2D eigenvalue weighted by atomic mass is 16.5. The van der Waals surface area contributed by atoms with Gasteiger partial charge in [-0.05, 0) is 146 Å². The molecule has 0 unspecified atom stereocenters. The van der Waals surface area contributed by atoms with Crippen LogP contribution in [0.4, 0.5) is 17.1 Å². The number of para-hydroxylation sites is 1. The Morgan fingerprint density at radius 1 is 0.729 bits per heavy atom. The molecule has 2 atom stereocenters. The van der Waals surface area contributed by atoms with E-state index in [-0.39, 0.29) is 16.7 Å². The Morgan fingerprint density at radius 2 is 1.49 bits per heavy atom. The second-order valence-electron chi connectivity index (χ2n) is 19.9. The van der Waals surface area contributed by atoms with Gasteiger partial charge in [0.05, 0.1) is 22.4 Å². The third-order valence-corrected chi connectivity index (χ3v) is 14.3. The third-order valence-electron chi connectivity index (χ3n) is 14.3. The van der Waals surface area contributed by atoms with Gasteiger partial charge in [-0.2, -0.15) is 0 Å². The lowest BCUT2D eigenvalue weighted by Gasteiger charge is -2.42. The molecule has 4 heterocycles. The number of anilines is 3. The van der Waals surface area contributed by atoms with Crippen LogP contribution in [0, 0.1) is 20.8 Å². The van der Waals surface area contributed by atoms with Gasteiger partial charge in [-0.25, -0.2) is 9.98 Å². The molecule has 59 heavy (non-hydrogen) atoms. The fraction of sp³-hybridized carbons (Fsp3) is 0.333. The molecule has 7 aromatic rings. The summed E-state index contributed by atoms with van der Waals surface area (Å²) in [5.74, 6) is 1.95. The van der Waals surface area contributed by atoms with E-state index < -0.39 is 11.1 Å². The molecule has 0 bridgehead atoms. The van der Waals surface area contributed by atoms with Crippen LogP contribution in [0.1, 0.15) is 124 Å². The highest BCUT2D eigenvalue weighted by Gasteiger charge is 2.59. The lowest BCUT2D eigenvalue weighted by Crippen LogP contribution is -2.40. The topological polar surface area (TPSA) is 42.7 Å². The Labute approximate surface area is 349 Å². The summed E-state index contributed by atoms with van der Waals surface area (Å²) < 4.78 is 9.53. The molecule has 0 radical (unpaired) electrons. The van der Waals surface area contributed by atoms with Crippen molar-refractivity contribution >= 4 is 44.8 Å². The Morgan fingerprint density at radius 3 is 2.25 bits per heavy atom. The van der Waals surface area contributed by atoms with Gasteiger partial charge in [-0.15, -0.1) is 0 Å². The predicted molar refractivity (Wildman–Crippen MR) is 246 cm³/mol.